The molecule has 0 aliphatic heterocycles. The standard InChI is InChI=1S/C16H16O3S/c1-10-13(8-20-14(10)15(18)19)11-2-4-12(5-3-11)16(9-17)6-7-16/h2-5,8,17H,6-7,9H2,1H3,(H,18,19). The van der Waals surface area contributed by atoms with Crippen molar-refractivity contribution in [2.24, 2.45) is 0 Å². The first-order valence-corrected chi connectivity index (χ1v) is 7.48. The second-order valence-electron chi connectivity index (χ2n) is 5.42. The minimum absolute atomic E-state index is 0.0194. The van der Waals surface area contributed by atoms with Gasteiger partial charge in [-0.15, -0.1) is 11.3 Å². The predicted octanol–water partition coefficient (Wildman–Crippen LogP) is 3.45. The molecule has 0 spiro atoms. The predicted molar refractivity (Wildman–Crippen MR) is 79.4 cm³/mol. The number of aliphatic hydroxyl groups excluding tert-OH is 1. The highest BCUT2D eigenvalue weighted by Crippen LogP contribution is 2.48. The van der Waals surface area contributed by atoms with Crippen molar-refractivity contribution in [1.29, 1.82) is 0 Å². The van der Waals surface area contributed by atoms with Gasteiger partial charge < -0.3 is 10.2 Å². The number of thiophene rings is 1. The van der Waals surface area contributed by atoms with Gasteiger partial charge in [-0.2, -0.15) is 0 Å². The van der Waals surface area contributed by atoms with Gasteiger partial charge in [0.1, 0.15) is 4.88 Å². The zero-order valence-electron chi connectivity index (χ0n) is 11.2. The van der Waals surface area contributed by atoms with Gasteiger partial charge in [0.25, 0.3) is 0 Å². The van der Waals surface area contributed by atoms with Crippen molar-refractivity contribution in [2.45, 2.75) is 25.2 Å². The maximum atomic E-state index is 11.1. The maximum absolute atomic E-state index is 11.1. The van der Waals surface area contributed by atoms with Crippen LogP contribution >= 0.6 is 11.3 Å². The Kier molecular flexibility index (Phi) is 3.15. The Morgan fingerprint density at radius 3 is 2.40 bits per heavy atom. The van der Waals surface area contributed by atoms with Crippen molar-refractivity contribution < 1.29 is 15.0 Å². The van der Waals surface area contributed by atoms with Gasteiger partial charge in [0.05, 0.1) is 6.61 Å². The van der Waals surface area contributed by atoms with Crippen LogP contribution in [0.1, 0.15) is 33.6 Å². The van der Waals surface area contributed by atoms with Gasteiger partial charge in [0, 0.05) is 5.41 Å². The third kappa shape index (κ3) is 2.05. The number of rotatable bonds is 4. The third-order valence-corrected chi connectivity index (χ3v) is 5.27. The van der Waals surface area contributed by atoms with Gasteiger partial charge in [0.15, 0.2) is 0 Å². The highest BCUT2D eigenvalue weighted by molar-refractivity contribution is 7.12. The van der Waals surface area contributed by atoms with E-state index in [0.29, 0.717) is 4.88 Å². The molecule has 1 aliphatic carbocycles. The monoisotopic (exact) mass is 288 g/mol. The summed E-state index contributed by atoms with van der Waals surface area (Å²) in [5.74, 6) is -0.868. The summed E-state index contributed by atoms with van der Waals surface area (Å²) in [6.07, 6.45) is 2.09. The summed E-state index contributed by atoms with van der Waals surface area (Å²) in [5, 5.41) is 20.4. The van der Waals surface area contributed by atoms with Crippen LogP contribution in [0.3, 0.4) is 0 Å². The molecule has 2 aromatic rings. The van der Waals surface area contributed by atoms with E-state index in [0.717, 1.165) is 29.5 Å². The second-order valence-corrected chi connectivity index (χ2v) is 6.30. The van der Waals surface area contributed by atoms with Crippen LogP contribution in [0, 0.1) is 6.92 Å². The average molecular weight is 288 g/mol. The molecule has 1 aliphatic rings. The number of benzene rings is 1. The van der Waals surface area contributed by atoms with E-state index in [2.05, 4.69) is 12.1 Å². The van der Waals surface area contributed by atoms with Crippen LogP contribution in [-0.4, -0.2) is 22.8 Å². The molecule has 2 N–H and O–H groups in total. The summed E-state index contributed by atoms with van der Waals surface area (Å²) in [4.78, 5) is 11.5. The zero-order valence-corrected chi connectivity index (χ0v) is 12.0. The highest BCUT2D eigenvalue weighted by atomic mass is 32.1. The van der Waals surface area contributed by atoms with Crippen LogP contribution in [0.2, 0.25) is 0 Å². The molecule has 0 radical (unpaired) electrons. The van der Waals surface area contributed by atoms with Crippen LogP contribution in [0.5, 0.6) is 0 Å². The van der Waals surface area contributed by atoms with Gasteiger partial charge in [-0.05, 0) is 47.4 Å². The first-order valence-electron chi connectivity index (χ1n) is 6.60. The van der Waals surface area contributed by atoms with E-state index in [1.54, 1.807) is 0 Å². The van der Waals surface area contributed by atoms with E-state index in [1.807, 2.05) is 24.4 Å². The highest BCUT2D eigenvalue weighted by Gasteiger charge is 2.43. The van der Waals surface area contributed by atoms with Crippen molar-refractivity contribution >= 4 is 17.3 Å². The molecule has 20 heavy (non-hydrogen) atoms. The molecule has 0 amide bonds. The van der Waals surface area contributed by atoms with Gasteiger partial charge >= 0.3 is 5.97 Å². The lowest BCUT2D eigenvalue weighted by Crippen LogP contribution is -2.11. The van der Waals surface area contributed by atoms with Crippen LogP contribution in [0.25, 0.3) is 11.1 Å². The number of carboxylic acids is 1. The SMILES string of the molecule is Cc1c(-c2ccc(C3(CO)CC3)cc2)csc1C(=O)O. The quantitative estimate of drug-likeness (QED) is 0.906. The van der Waals surface area contributed by atoms with E-state index in [-0.39, 0.29) is 12.0 Å². The minimum Gasteiger partial charge on any atom is -0.477 e. The molecule has 1 heterocycles. The number of carbonyl (C=O) groups is 1. The first-order chi connectivity index (χ1) is 9.57. The number of hydrogen-bond donors (Lipinski definition) is 2. The Labute approximate surface area is 121 Å². The fourth-order valence-electron chi connectivity index (χ4n) is 2.60. The molecule has 1 aromatic carbocycles. The molecule has 104 valence electrons. The van der Waals surface area contributed by atoms with E-state index >= 15 is 0 Å². The van der Waals surface area contributed by atoms with E-state index < -0.39 is 5.97 Å². The van der Waals surface area contributed by atoms with Crippen LogP contribution in [0.15, 0.2) is 29.6 Å². The lowest BCUT2D eigenvalue weighted by atomic mass is 9.94. The molecule has 3 nitrogen and oxygen atoms in total. The van der Waals surface area contributed by atoms with Gasteiger partial charge in [-0.25, -0.2) is 4.79 Å². The largest absolute Gasteiger partial charge is 0.477 e. The number of aromatic carboxylic acids is 1. The molecule has 1 saturated carbocycles. The van der Waals surface area contributed by atoms with Crippen LogP contribution < -0.4 is 0 Å². The molecule has 1 aromatic heterocycles. The van der Waals surface area contributed by atoms with Crippen molar-refractivity contribution in [3.05, 3.63) is 45.6 Å². The number of hydrogen-bond acceptors (Lipinski definition) is 3. The average Bonchev–Trinajstić information content (AvgIpc) is 3.16. The van der Waals surface area contributed by atoms with E-state index in [9.17, 15) is 9.90 Å². The molecule has 0 unspecified atom stereocenters. The van der Waals surface area contributed by atoms with Gasteiger partial charge in [0.2, 0.25) is 0 Å². The van der Waals surface area contributed by atoms with E-state index in [1.165, 1.54) is 16.9 Å². The lowest BCUT2D eigenvalue weighted by Gasteiger charge is -2.12. The van der Waals surface area contributed by atoms with Crippen molar-refractivity contribution in [2.75, 3.05) is 6.61 Å². The van der Waals surface area contributed by atoms with Crippen molar-refractivity contribution in [1.82, 2.24) is 0 Å². The van der Waals surface area contributed by atoms with Crippen LogP contribution in [0.4, 0.5) is 0 Å². The summed E-state index contributed by atoms with van der Waals surface area (Å²) in [5.41, 5.74) is 3.99. The Balaban J connectivity index is 1.94. The molecule has 0 saturated heterocycles. The van der Waals surface area contributed by atoms with Crippen molar-refractivity contribution in [3.8, 4) is 11.1 Å². The molecular formula is C16H16O3S. The van der Waals surface area contributed by atoms with E-state index in [4.69, 9.17) is 5.11 Å². The lowest BCUT2D eigenvalue weighted by molar-refractivity contribution is 0.0701. The zero-order chi connectivity index (χ0) is 14.3. The molecular weight excluding hydrogens is 272 g/mol. The fourth-order valence-corrected chi connectivity index (χ4v) is 3.54. The Morgan fingerprint density at radius 1 is 1.30 bits per heavy atom. The maximum Gasteiger partial charge on any atom is 0.346 e. The summed E-state index contributed by atoms with van der Waals surface area (Å²) in [6.45, 7) is 2.05. The smallest absolute Gasteiger partial charge is 0.346 e. The van der Waals surface area contributed by atoms with Crippen LogP contribution in [-0.2, 0) is 5.41 Å². The Morgan fingerprint density at radius 2 is 1.95 bits per heavy atom. The fraction of sp³-hybridized carbons (Fsp3) is 0.312. The Hall–Kier alpha value is -1.65. The minimum atomic E-state index is -0.868. The molecule has 4 heteroatoms. The molecule has 0 atom stereocenters. The molecule has 3 rings (SSSR count). The first kappa shape index (κ1) is 13.3. The number of aliphatic hydroxyl groups is 1. The normalized spacial score (nSPS) is 16.1. The topological polar surface area (TPSA) is 57.5 Å². The summed E-state index contributed by atoms with van der Waals surface area (Å²) in [6, 6.07) is 8.14. The summed E-state index contributed by atoms with van der Waals surface area (Å²) in [7, 11) is 0. The third-order valence-electron chi connectivity index (χ3n) is 4.20. The number of carboxylic acid groups (broad SMARTS) is 1. The summed E-state index contributed by atoms with van der Waals surface area (Å²) < 4.78 is 0. The van der Waals surface area contributed by atoms with Gasteiger partial charge in [-0.1, -0.05) is 24.3 Å². The second kappa shape index (κ2) is 4.72. The van der Waals surface area contributed by atoms with Crippen molar-refractivity contribution in [3.63, 3.8) is 0 Å². The molecule has 0 bridgehead atoms. The summed E-state index contributed by atoms with van der Waals surface area (Å²) >= 11 is 1.27. The Bertz CT molecular complexity index is 651. The van der Waals surface area contributed by atoms with Gasteiger partial charge in [-0.3, -0.25) is 0 Å². The molecule has 1 fully saturated rings.